The van der Waals surface area contributed by atoms with Crippen LogP contribution in [-0.2, 0) is 9.53 Å². The molecule has 25 heavy (non-hydrogen) atoms. The van der Waals surface area contributed by atoms with E-state index in [0.29, 0.717) is 5.92 Å². The molecule has 1 atom stereocenters. The first-order valence-electron chi connectivity index (χ1n) is 9.46. The van der Waals surface area contributed by atoms with Gasteiger partial charge in [-0.25, -0.2) is 4.79 Å². The SMILES string of the molecule is CNC(=O)C(C1CCNCC1)N1CCC(NC(=O)OC(C)(C)C)CC1. The molecule has 0 radical (unpaired) electrons. The van der Waals surface area contributed by atoms with E-state index in [-0.39, 0.29) is 24.1 Å². The first kappa shape index (κ1) is 20.0. The maximum Gasteiger partial charge on any atom is 0.407 e. The zero-order valence-electron chi connectivity index (χ0n) is 16.1. The summed E-state index contributed by atoms with van der Waals surface area (Å²) in [4.78, 5) is 26.7. The van der Waals surface area contributed by atoms with Gasteiger partial charge in [-0.1, -0.05) is 0 Å². The van der Waals surface area contributed by atoms with E-state index in [4.69, 9.17) is 4.74 Å². The van der Waals surface area contributed by atoms with Gasteiger partial charge >= 0.3 is 6.09 Å². The van der Waals surface area contributed by atoms with Gasteiger partial charge in [0.1, 0.15) is 5.60 Å². The van der Waals surface area contributed by atoms with Crippen LogP contribution in [0.5, 0.6) is 0 Å². The molecule has 7 nitrogen and oxygen atoms in total. The van der Waals surface area contributed by atoms with Crippen molar-refractivity contribution >= 4 is 12.0 Å². The molecule has 2 saturated heterocycles. The molecule has 2 fully saturated rings. The molecule has 0 bridgehead atoms. The minimum absolute atomic E-state index is 0.0606. The van der Waals surface area contributed by atoms with E-state index >= 15 is 0 Å². The first-order chi connectivity index (χ1) is 11.8. The number of hydrogen-bond acceptors (Lipinski definition) is 5. The van der Waals surface area contributed by atoms with Crippen LogP contribution < -0.4 is 16.0 Å². The summed E-state index contributed by atoms with van der Waals surface area (Å²) >= 11 is 0. The predicted octanol–water partition coefficient (Wildman–Crippen LogP) is 1.09. The van der Waals surface area contributed by atoms with Crippen molar-refractivity contribution in [2.45, 2.75) is 64.1 Å². The van der Waals surface area contributed by atoms with Crippen molar-refractivity contribution in [2.75, 3.05) is 33.2 Å². The van der Waals surface area contributed by atoms with E-state index in [2.05, 4.69) is 20.9 Å². The summed E-state index contributed by atoms with van der Waals surface area (Å²) in [6.07, 6.45) is 3.41. The quantitative estimate of drug-likeness (QED) is 0.704. The van der Waals surface area contributed by atoms with Gasteiger partial charge in [0, 0.05) is 26.2 Å². The molecule has 2 aliphatic heterocycles. The lowest BCUT2D eigenvalue weighted by Crippen LogP contribution is -2.56. The van der Waals surface area contributed by atoms with E-state index < -0.39 is 5.60 Å². The molecule has 0 aromatic heterocycles. The lowest BCUT2D eigenvalue weighted by Gasteiger charge is -2.41. The van der Waals surface area contributed by atoms with Crippen LogP contribution in [0, 0.1) is 5.92 Å². The van der Waals surface area contributed by atoms with Crippen molar-refractivity contribution in [1.29, 1.82) is 0 Å². The summed E-state index contributed by atoms with van der Waals surface area (Å²) in [5, 5.41) is 9.16. The molecular formula is C18H34N4O3. The Morgan fingerprint density at radius 2 is 1.72 bits per heavy atom. The lowest BCUT2D eigenvalue weighted by molar-refractivity contribution is -0.129. The van der Waals surface area contributed by atoms with Crippen LogP contribution >= 0.6 is 0 Å². The fourth-order valence-corrected chi connectivity index (χ4v) is 3.78. The zero-order chi connectivity index (χ0) is 18.4. The van der Waals surface area contributed by atoms with Crippen molar-refractivity contribution < 1.29 is 14.3 Å². The van der Waals surface area contributed by atoms with Crippen LogP contribution in [0.15, 0.2) is 0 Å². The van der Waals surface area contributed by atoms with Crippen molar-refractivity contribution in [3.05, 3.63) is 0 Å². The minimum Gasteiger partial charge on any atom is -0.444 e. The second-order valence-corrected chi connectivity index (χ2v) is 8.10. The van der Waals surface area contributed by atoms with E-state index in [0.717, 1.165) is 51.9 Å². The van der Waals surface area contributed by atoms with Crippen molar-refractivity contribution in [3.63, 3.8) is 0 Å². The third-order valence-electron chi connectivity index (χ3n) is 4.99. The number of hydrogen-bond donors (Lipinski definition) is 3. The average Bonchev–Trinajstić information content (AvgIpc) is 2.55. The third-order valence-corrected chi connectivity index (χ3v) is 4.99. The fraction of sp³-hybridized carbons (Fsp3) is 0.889. The normalized spacial score (nSPS) is 22.2. The molecule has 2 rings (SSSR count). The van der Waals surface area contributed by atoms with Crippen LogP contribution in [0.3, 0.4) is 0 Å². The number of nitrogens with zero attached hydrogens (tertiary/aromatic N) is 1. The van der Waals surface area contributed by atoms with Gasteiger partial charge in [-0.2, -0.15) is 0 Å². The summed E-state index contributed by atoms with van der Waals surface area (Å²) in [6, 6.07) is 0.0547. The molecule has 2 heterocycles. The van der Waals surface area contributed by atoms with Crippen molar-refractivity contribution in [1.82, 2.24) is 20.9 Å². The highest BCUT2D eigenvalue weighted by molar-refractivity contribution is 5.81. The highest BCUT2D eigenvalue weighted by Crippen LogP contribution is 2.24. The Hall–Kier alpha value is -1.34. The summed E-state index contributed by atoms with van der Waals surface area (Å²) in [7, 11) is 1.72. The maximum absolute atomic E-state index is 12.5. The number of rotatable bonds is 4. The van der Waals surface area contributed by atoms with Gasteiger partial charge in [0.2, 0.25) is 5.91 Å². The van der Waals surface area contributed by atoms with Crippen LogP contribution in [0.2, 0.25) is 0 Å². The largest absolute Gasteiger partial charge is 0.444 e. The van der Waals surface area contributed by atoms with E-state index in [1.165, 1.54) is 0 Å². The zero-order valence-corrected chi connectivity index (χ0v) is 16.1. The summed E-state index contributed by atoms with van der Waals surface area (Å²) < 4.78 is 5.33. The second kappa shape index (κ2) is 8.85. The highest BCUT2D eigenvalue weighted by atomic mass is 16.6. The van der Waals surface area contributed by atoms with Gasteiger partial charge in [0.05, 0.1) is 6.04 Å². The van der Waals surface area contributed by atoms with E-state index in [9.17, 15) is 9.59 Å². The van der Waals surface area contributed by atoms with Crippen LogP contribution in [0.1, 0.15) is 46.5 Å². The molecule has 1 unspecified atom stereocenters. The van der Waals surface area contributed by atoms with Gasteiger partial charge in [0.15, 0.2) is 0 Å². The number of piperidine rings is 2. The number of likely N-dealkylation sites (N-methyl/N-ethyl adjacent to an activating group) is 1. The maximum atomic E-state index is 12.5. The molecule has 0 saturated carbocycles. The molecule has 0 aliphatic carbocycles. The monoisotopic (exact) mass is 354 g/mol. The summed E-state index contributed by atoms with van der Waals surface area (Å²) in [5.74, 6) is 0.516. The summed E-state index contributed by atoms with van der Waals surface area (Å²) in [6.45, 7) is 9.20. The van der Waals surface area contributed by atoms with Crippen LogP contribution in [0.25, 0.3) is 0 Å². The molecule has 2 amide bonds. The molecule has 2 aliphatic rings. The van der Waals surface area contributed by atoms with Crippen molar-refractivity contribution in [2.24, 2.45) is 5.92 Å². The fourth-order valence-electron chi connectivity index (χ4n) is 3.78. The van der Waals surface area contributed by atoms with E-state index in [1.807, 2.05) is 20.8 Å². The number of alkyl carbamates (subject to hydrolysis) is 1. The molecule has 0 spiro atoms. The van der Waals surface area contributed by atoms with Crippen LogP contribution in [-0.4, -0.2) is 67.8 Å². The smallest absolute Gasteiger partial charge is 0.407 e. The first-order valence-corrected chi connectivity index (χ1v) is 9.46. The Bertz CT molecular complexity index is 450. The number of carbonyl (C=O) groups excluding carboxylic acids is 2. The van der Waals surface area contributed by atoms with Gasteiger partial charge in [0.25, 0.3) is 0 Å². The number of ether oxygens (including phenoxy) is 1. The number of amides is 2. The predicted molar refractivity (Wildman–Crippen MR) is 97.4 cm³/mol. The average molecular weight is 354 g/mol. The Morgan fingerprint density at radius 1 is 1.12 bits per heavy atom. The highest BCUT2D eigenvalue weighted by Gasteiger charge is 2.36. The van der Waals surface area contributed by atoms with Crippen LogP contribution in [0.4, 0.5) is 4.79 Å². The van der Waals surface area contributed by atoms with E-state index in [1.54, 1.807) is 7.05 Å². The number of likely N-dealkylation sites (tertiary alicyclic amines) is 1. The Morgan fingerprint density at radius 3 is 2.24 bits per heavy atom. The molecule has 0 aromatic rings. The third kappa shape index (κ3) is 6.15. The lowest BCUT2D eigenvalue weighted by atomic mass is 9.87. The summed E-state index contributed by atoms with van der Waals surface area (Å²) in [5.41, 5.74) is -0.482. The Balaban J connectivity index is 1.87. The van der Waals surface area contributed by atoms with Crippen molar-refractivity contribution in [3.8, 4) is 0 Å². The van der Waals surface area contributed by atoms with Gasteiger partial charge < -0.3 is 20.7 Å². The van der Waals surface area contributed by atoms with Gasteiger partial charge in [-0.05, 0) is 65.5 Å². The van der Waals surface area contributed by atoms with Gasteiger partial charge in [-0.3, -0.25) is 9.69 Å². The topological polar surface area (TPSA) is 82.7 Å². The second-order valence-electron chi connectivity index (χ2n) is 8.10. The Kier molecular flexibility index (Phi) is 7.07. The minimum atomic E-state index is -0.482. The standard InChI is InChI=1S/C18H34N4O3/c1-18(2,3)25-17(24)21-14-7-11-22(12-8-14)15(16(23)19-4)13-5-9-20-10-6-13/h13-15,20H,5-12H2,1-4H3,(H,19,23)(H,21,24). The molecule has 3 N–H and O–H groups in total. The van der Waals surface area contributed by atoms with Gasteiger partial charge in [-0.15, -0.1) is 0 Å². The molecule has 0 aromatic carbocycles. The molecular weight excluding hydrogens is 320 g/mol. The number of carbonyl (C=O) groups is 2. The molecule has 7 heteroatoms. The number of nitrogens with one attached hydrogen (secondary N) is 3. The molecule has 144 valence electrons. The Labute approximate surface area is 151 Å².